The molecule has 0 aromatic heterocycles. The van der Waals surface area contributed by atoms with Crippen LogP contribution in [0.15, 0.2) is 24.3 Å². The SMILES string of the molecule is O=C(O)[C@H]1C[C@@H]1Nc1cccc(F)c1. The van der Waals surface area contributed by atoms with Gasteiger partial charge < -0.3 is 10.4 Å². The van der Waals surface area contributed by atoms with Crippen molar-refractivity contribution in [3.05, 3.63) is 30.1 Å². The maximum Gasteiger partial charge on any atom is 0.308 e. The quantitative estimate of drug-likeness (QED) is 0.771. The summed E-state index contributed by atoms with van der Waals surface area (Å²) in [5.74, 6) is -1.43. The van der Waals surface area contributed by atoms with Crippen LogP contribution in [0.1, 0.15) is 6.42 Å². The van der Waals surface area contributed by atoms with E-state index in [0.717, 1.165) is 0 Å². The summed E-state index contributed by atoms with van der Waals surface area (Å²) in [4.78, 5) is 10.5. The van der Waals surface area contributed by atoms with Crippen molar-refractivity contribution in [1.82, 2.24) is 0 Å². The van der Waals surface area contributed by atoms with E-state index in [2.05, 4.69) is 5.32 Å². The normalized spacial score (nSPS) is 24.4. The molecule has 0 spiro atoms. The van der Waals surface area contributed by atoms with E-state index in [-0.39, 0.29) is 17.8 Å². The zero-order valence-electron chi connectivity index (χ0n) is 7.40. The molecule has 0 aliphatic heterocycles. The lowest BCUT2D eigenvalue weighted by molar-refractivity contribution is -0.138. The van der Waals surface area contributed by atoms with Crippen LogP contribution in [0.4, 0.5) is 10.1 Å². The number of aliphatic carboxylic acids is 1. The summed E-state index contributed by atoms with van der Waals surface area (Å²) in [7, 11) is 0. The third-order valence-electron chi connectivity index (χ3n) is 2.28. The summed E-state index contributed by atoms with van der Waals surface area (Å²) in [5.41, 5.74) is 0.638. The zero-order chi connectivity index (χ0) is 10.1. The Kier molecular flexibility index (Phi) is 2.11. The molecule has 0 amide bonds. The largest absolute Gasteiger partial charge is 0.481 e. The average Bonchev–Trinajstić information content (AvgIpc) is 2.84. The minimum Gasteiger partial charge on any atom is -0.481 e. The van der Waals surface area contributed by atoms with E-state index in [1.165, 1.54) is 12.1 Å². The highest BCUT2D eigenvalue weighted by molar-refractivity contribution is 5.75. The standard InChI is InChI=1S/C10H10FNO2/c11-6-2-1-3-7(4-6)12-9-5-8(9)10(13)14/h1-4,8-9,12H,5H2,(H,13,14)/t8-,9-/m0/s1. The van der Waals surface area contributed by atoms with Gasteiger partial charge in [-0.15, -0.1) is 0 Å². The molecule has 0 bridgehead atoms. The molecular weight excluding hydrogens is 185 g/mol. The number of nitrogens with one attached hydrogen (secondary N) is 1. The fourth-order valence-corrected chi connectivity index (χ4v) is 1.42. The molecule has 2 N–H and O–H groups in total. The maximum absolute atomic E-state index is 12.7. The Bertz CT molecular complexity index is 367. The fourth-order valence-electron chi connectivity index (χ4n) is 1.42. The highest BCUT2D eigenvalue weighted by Crippen LogP contribution is 2.33. The number of carboxylic acids is 1. The van der Waals surface area contributed by atoms with Crippen LogP contribution in [0.5, 0.6) is 0 Å². The summed E-state index contributed by atoms with van der Waals surface area (Å²) in [5, 5.41) is 11.6. The van der Waals surface area contributed by atoms with Crippen LogP contribution in [0.2, 0.25) is 0 Å². The predicted octanol–water partition coefficient (Wildman–Crippen LogP) is 1.71. The number of hydrogen-bond donors (Lipinski definition) is 2. The first-order valence-electron chi connectivity index (χ1n) is 4.42. The number of carboxylic acid groups (broad SMARTS) is 1. The van der Waals surface area contributed by atoms with Gasteiger partial charge in [0.25, 0.3) is 0 Å². The van der Waals surface area contributed by atoms with Gasteiger partial charge in [0.1, 0.15) is 5.82 Å². The van der Waals surface area contributed by atoms with Crippen molar-refractivity contribution in [2.75, 3.05) is 5.32 Å². The van der Waals surface area contributed by atoms with E-state index >= 15 is 0 Å². The first kappa shape index (κ1) is 8.99. The first-order chi connectivity index (χ1) is 6.66. The van der Waals surface area contributed by atoms with Gasteiger partial charge in [-0.2, -0.15) is 0 Å². The highest BCUT2D eigenvalue weighted by Gasteiger charge is 2.43. The van der Waals surface area contributed by atoms with Gasteiger partial charge in [-0.25, -0.2) is 4.39 Å². The summed E-state index contributed by atoms with van der Waals surface area (Å²) >= 11 is 0. The monoisotopic (exact) mass is 195 g/mol. The molecule has 1 aliphatic rings. The van der Waals surface area contributed by atoms with Gasteiger partial charge in [-0.1, -0.05) is 6.07 Å². The Morgan fingerprint density at radius 1 is 1.57 bits per heavy atom. The lowest BCUT2D eigenvalue weighted by Gasteiger charge is -2.03. The molecule has 0 radical (unpaired) electrons. The molecule has 0 unspecified atom stereocenters. The van der Waals surface area contributed by atoms with E-state index in [9.17, 15) is 9.18 Å². The molecule has 1 fully saturated rings. The molecule has 14 heavy (non-hydrogen) atoms. The predicted molar refractivity (Wildman–Crippen MR) is 49.6 cm³/mol. The van der Waals surface area contributed by atoms with Gasteiger partial charge in [0.2, 0.25) is 0 Å². The highest BCUT2D eigenvalue weighted by atomic mass is 19.1. The Balaban J connectivity index is 1.97. The second-order valence-corrected chi connectivity index (χ2v) is 3.44. The van der Waals surface area contributed by atoms with Crippen molar-refractivity contribution in [3.8, 4) is 0 Å². The number of carbonyl (C=O) groups is 1. The third-order valence-corrected chi connectivity index (χ3v) is 2.28. The minimum atomic E-state index is -0.793. The van der Waals surface area contributed by atoms with Crippen molar-refractivity contribution in [2.45, 2.75) is 12.5 Å². The summed E-state index contributed by atoms with van der Waals surface area (Å²) in [6.45, 7) is 0. The van der Waals surface area contributed by atoms with Crippen LogP contribution in [0, 0.1) is 11.7 Å². The van der Waals surface area contributed by atoms with Crippen LogP contribution >= 0.6 is 0 Å². The van der Waals surface area contributed by atoms with Crippen molar-refractivity contribution >= 4 is 11.7 Å². The van der Waals surface area contributed by atoms with Crippen LogP contribution in [-0.4, -0.2) is 17.1 Å². The van der Waals surface area contributed by atoms with Gasteiger partial charge in [-0.05, 0) is 24.6 Å². The first-order valence-corrected chi connectivity index (χ1v) is 4.42. The van der Waals surface area contributed by atoms with Crippen molar-refractivity contribution in [3.63, 3.8) is 0 Å². The van der Waals surface area contributed by atoms with Crippen LogP contribution in [0.25, 0.3) is 0 Å². The van der Waals surface area contributed by atoms with Gasteiger partial charge >= 0.3 is 5.97 Å². The summed E-state index contributed by atoms with van der Waals surface area (Å²) in [6, 6.07) is 5.98. The van der Waals surface area contributed by atoms with E-state index in [1.807, 2.05) is 0 Å². The molecule has 3 nitrogen and oxygen atoms in total. The molecule has 1 aromatic carbocycles. The van der Waals surface area contributed by atoms with E-state index in [4.69, 9.17) is 5.11 Å². The van der Waals surface area contributed by atoms with Crippen molar-refractivity contribution < 1.29 is 14.3 Å². The molecule has 2 rings (SSSR count). The van der Waals surface area contributed by atoms with Crippen LogP contribution in [-0.2, 0) is 4.79 Å². The molecule has 0 heterocycles. The van der Waals surface area contributed by atoms with E-state index < -0.39 is 5.97 Å². The fraction of sp³-hybridized carbons (Fsp3) is 0.300. The van der Waals surface area contributed by atoms with Gasteiger partial charge in [0.15, 0.2) is 0 Å². The van der Waals surface area contributed by atoms with Crippen molar-refractivity contribution in [2.24, 2.45) is 5.92 Å². The molecule has 1 aliphatic carbocycles. The van der Waals surface area contributed by atoms with Crippen molar-refractivity contribution in [1.29, 1.82) is 0 Å². The average molecular weight is 195 g/mol. The van der Waals surface area contributed by atoms with Crippen LogP contribution < -0.4 is 5.32 Å². The Hall–Kier alpha value is -1.58. The maximum atomic E-state index is 12.7. The number of halogens is 1. The zero-order valence-corrected chi connectivity index (χ0v) is 7.40. The van der Waals surface area contributed by atoms with Gasteiger partial charge in [0.05, 0.1) is 5.92 Å². The number of anilines is 1. The lowest BCUT2D eigenvalue weighted by atomic mass is 10.3. The molecule has 74 valence electrons. The van der Waals surface area contributed by atoms with Gasteiger partial charge in [0, 0.05) is 11.7 Å². The van der Waals surface area contributed by atoms with E-state index in [0.29, 0.717) is 12.1 Å². The second kappa shape index (κ2) is 3.29. The summed E-state index contributed by atoms with van der Waals surface area (Å²) < 4.78 is 12.7. The topological polar surface area (TPSA) is 49.3 Å². The molecule has 0 saturated heterocycles. The smallest absolute Gasteiger partial charge is 0.308 e. The third kappa shape index (κ3) is 1.84. The minimum absolute atomic E-state index is 0.0469. The van der Waals surface area contributed by atoms with Gasteiger partial charge in [-0.3, -0.25) is 4.79 Å². The second-order valence-electron chi connectivity index (χ2n) is 3.44. The molecule has 2 atom stereocenters. The molecule has 4 heteroatoms. The Labute approximate surface area is 80.6 Å². The lowest BCUT2D eigenvalue weighted by Crippen LogP contribution is -2.10. The Morgan fingerprint density at radius 2 is 2.36 bits per heavy atom. The Morgan fingerprint density at radius 3 is 2.93 bits per heavy atom. The number of hydrogen-bond acceptors (Lipinski definition) is 2. The number of benzene rings is 1. The molecule has 1 saturated carbocycles. The molecular formula is C10H10FNO2. The van der Waals surface area contributed by atoms with Crippen LogP contribution in [0.3, 0.4) is 0 Å². The number of rotatable bonds is 3. The molecule has 1 aromatic rings. The van der Waals surface area contributed by atoms with E-state index in [1.54, 1.807) is 12.1 Å². The summed E-state index contributed by atoms with van der Waals surface area (Å²) in [6.07, 6.45) is 0.617.